The number of oxime groups is 1. The van der Waals surface area contributed by atoms with Gasteiger partial charge in [-0.15, -0.1) is 0 Å². The molecular formula is C14H20N2O. The zero-order valence-corrected chi connectivity index (χ0v) is 10.5. The van der Waals surface area contributed by atoms with Crippen LogP contribution in [0.5, 0.6) is 0 Å². The van der Waals surface area contributed by atoms with Crippen molar-refractivity contribution >= 4 is 5.71 Å². The van der Waals surface area contributed by atoms with Crippen molar-refractivity contribution in [2.24, 2.45) is 17.0 Å². The van der Waals surface area contributed by atoms with Crippen LogP contribution in [-0.4, -0.2) is 28.9 Å². The van der Waals surface area contributed by atoms with Gasteiger partial charge in [0.25, 0.3) is 0 Å². The van der Waals surface area contributed by atoms with E-state index >= 15 is 0 Å². The lowest BCUT2D eigenvalue weighted by Crippen LogP contribution is -2.22. The molecule has 0 aliphatic carbocycles. The topological polar surface area (TPSA) is 35.8 Å². The molecule has 2 unspecified atom stereocenters. The molecule has 0 spiro atoms. The predicted octanol–water partition coefficient (Wildman–Crippen LogP) is 2.60. The summed E-state index contributed by atoms with van der Waals surface area (Å²) in [5.74, 6) is 0.957. The summed E-state index contributed by atoms with van der Waals surface area (Å²) in [4.78, 5) is 2.43. The number of benzene rings is 1. The first-order chi connectivity index (χ1) is 8.20. The van der Waals surface area contributed by atoms with E-state index in [2.05, 4.69) is 41.2 Å². The second-order valence-corrected chi connectivity index (χ2v) is 5.00. The van der Waals surface area contributed by atoms with E-state index < -0.39 is 0 Å². The molecule has 2 rings (SSSR count). The zero-order chi connectivity index (χ0) is 12.3. The van der Waals surface area contributed by atoms with Crippen LogP contribution in [-0.2, 0) is 6.54 Å². The van der Waals surface area contributed by atoms with E-state index in [1.165, 1.54) is 5.56 Å². The number of rotatable bonds is 3. The summed E-state index contributed by atoms with van der Waals surface area (Å²) in [6, 6.07) is 10.5. The molecule has 1 fully saturated rings. The fourth-order valence-electron chi connectivity index (χ4n) is 2.66. The monoisotopic (exact) mass is 232 g/mol. The Labute approximate surface area is 103 Å². The number of hydrogen-bond acceptors (Lipinski definition) is 3. The first kappa shape index (κ1) is 12.1. The smallest absolute Gasteiger partial charge is 0.0586 e. The molecule has 0 radical (unpaired) electrons. The van der Waals surface area contributed by atoms with Crippen LogP contribution in [0.3, 0.4) is 0 Å². The lowest BCUT2D eigenvalue weighted by molar-refractivity contribution is 0.308. The molecule has 92 valence electrons. The molecule has 0 aromatic heterocycles. The molecule has 2 atom stereocenters. The number of likely N-dealkylation sites (tertiary alicyclic amines) is 1. The lowest BCUT2D eigenvalue weighted by Gasteiger charge is -2.15. The predicted molar refractivity (Wildman–Crippen MR) is 69.3 cm³/mol. The van der Waals surface area contributed by atoms with E-state index in [-0.39, 0.29) is 0 Å². The second-order valence-electron chi connectivity index (χ2n) is 5.00. The van der Waals surface area contributed by atoms with E-state index in [0.29, 0.717) is 11.8 Å². The molecule has 1 aliphatic heterocycles. The zero-order valence-electron chi connectivity index (χ0n) is 10.5. The molecule has 1 aromatic rings. The quantitative estimate of drug-likeness (QED) is 0.494. The highest BCUT2D eigenvalue weighted by Crippen LogP contribution is 2.25. The SMILES string of the molecule is CC(=NO)C1CN(Cc2ccccc2)CC1C. The molecule has 3 heteroatoms. The molecule has 1 aliphatic rings. The first-order valence-corrected chi connectivity index (χ1v) is 6.15. The summed E-state index contributed by atoms with van der Waals surface area (Å²) >= 11 is 0. The Morgan fingerprint density at radius 1 is 1.35 bits per heavy atom. The van der Waals surface area contributed by atoms with Crippen molar-refractivity contribution in [1.29, 1.82) is 0 Å². The van der Waals surface area contributed by atoms with Crippen molar-refractivity contribution < 1.29 is 5.21 Å². The highest BCUT2D eigenvalue weighted by atomic mass is 16.4. The van der Waals surface area contributed by atoms with Gasteiger partial charge in [0.05, 0.1) is 5.71 Å². The average Bonchev–Trinajstić information content (AvgIpc) is 2.70. The van der Waals surface area contributed by atoms with Gasteiger partial charge in [-0.1, -0.05) is 42.4 Å². The lowest BCUT2D eigenvalue weighted by atomic mass is 9.94. The van der Waals surface area contributed by atoms with Crippen molar-refractivity contribution in [1.82, 2.24) is 4.90 Å². The Balaban J connectivity index is 1.98. The summed E-state index contributed by atoms with van der Waals surface area (Å²) in [6.45, 7) is 7.19. The second kappa shape index (κ2) is 5.32. The van der Waals surface area contributed by atoms with E-state index in [4.69, 9.17) is 5.21 Å². The molecule has 17 heavy (non-hydrogen) atoms. The van der Waals surface area contributed by atoms with Gasteiger partial charge in [0.1, 0.15) is 0 Å². The van der Waals surface area contributed by atoms with Gasteiger partial charge in [0.2, 0.25) is 0 Å². The maximum atomic E-state index is 8.86. The maximum Gasteiger partial charge on any atom is 0.0586 e. The van der Waals surface area contributed by atoms with Gasteiger partial charge in [-0.05, 0) is 18.4 Å². The first-order valence-electron chi connectivity index (χ1n) is 6.15. The fraction of sp³-hybridized carbons (Fsp3) is 0.500. The third kappa shape index (κ3) is 2.86. The highest BCUT2D eigenvalue weighted by Gasteiger charge is 2.31. The van der Waals surface area contributed by atoms with Crippen LogP contribution in [0.15, 0.2) is 35.5 Å². The summed E-state index contributed by atoms with van der Waals surface area (Å²) in [6.07, 6.45) is 0. The maximum absolute atomic E-state index is 8.86. The Hall–Kier alpha value is -1.35. The summed E-state index contributed by atoms with van der Waals surface area (Å²) < 4.78 is 0. The van der Waals surface area contributed by atoms with Crippen LogP contribution in [0.25, 0.3) is 0 Å². The third-order valence-corrected chi connectivity index (χ3v) is 3.63. The van der Waals surface area contributed by atoms with Gasteiger partial charge in [-0.25, -0.2) is 0 Å². The average molecular weight is 232 g/mol. The summed E-state index contributed by atoms with van der Waals surface area (Å²) in [5.41, 5.74) is 2.20. The van der Waals surface area contributed by atoms with Crippen LogP contribution >= 0.6 is 0 Å². The molecule has 0 saturated carbocycles. The Morgan fingerprint density at radius 3 is 2.71 bits per heavy atom. The van der Waals surface area contributed by atoms with Crippen molar-refractivity contribution in [3.63, 3.8) is 0 Å². The van der Waals surface area contributed by atoms with Gasteiger partial charge in [-0.2, -0.15) is 0 Å². The van der Waals surface area contributed by atoms with Crippen LogP contribution in [0.4, 0.5) is 0 Å². The van der Waals surface area contributed by atoms with E-state index in [0.717, 1.165) is 25.3 Å². The fourth-order valence-corrected chi connectivity index (χ4v) is 2.66. The molecule has 0 bridgehead atoms. The van der Waals surface area contributed by atoms with Crippen LogP contribution < -0.4 is 0 Å². The summed E-state index contributed by atoms with van der Waals surface area (Å²) in [5, 5.41) is 12.2. The number of hydrogen-bond donors (Lipinski definition) is 1. The van der Waals surface area contributed by atoms with E-state index in [1.54, 1.807) is 0 Å². The Bertz CT molecular complexity index is 388. The molecule has 1 N–H and O–H groups in total. The minimum absolute atomic E-state index is 0.392. The van der Waals surface area contributed by atoms with Gasteiger partial charge in [0.15, 0.2) is 0 Å². The molecule has 3 nitrogen and oxygen atoms in total. The molecular weight excluding hydrogens is 212 g/mol. The van der Waals surface area contributed by atoms with Crippen molar-refractivity contribution in [2.45, 2.75) is 20.4 Å². The number of nitrogens with zero attached hydrogens (tertiary/aromatic N) is 2. The molecule has 1 saturated heterocycles. The minimum atomic E-state index is 0.392. The van der Waals surface area contributed by atoms with Gasteiger partial charge >= 0.3 is 0 Å². The minimum Gasteiger partial charge on any atom is -0.411 e. The largest absolute Gasteiger partial charge is 0.411 e. The van der Waals surface area contributed by atoms with Crippen LogP contribution in [0.1, 0.15) is 19.4 Å². The standard InChI is InChI=1S/C14H20N2O/c1-11-8-16(10-14(11)12(2)15-17)9-13-6-4-3-5-7-13/h3-7,11,14,17H,8-10H2,1-2H3. The van der Waals surface area contributed by atoms with Crippen molar-refractivity contribution in [3.05, 3.63) is 35.9 Å². The van der Waals surface area contributed by atoms with Crippen molar-refractivity contribution in [3.8, 4) is 0 Å². The molecule has 1 aromatic carbocycles. The Kier molecular flexibility index (Phi) is 3.79. The Morgan fingerprint density at radius 2 is 2.06 bits per heavy atom. The van der Waals surface area contributed by atoms with Crippen LogP contribution in [0, 0.1) is 11.8 Å². The molecule has 1 heterocycles. The van der Waals surface area contributed by atoms with Gasteiger partial charge < -0.3 is 5.21 Å². The summed E-state index contributed by atoms with van der Waals surface area (Å²) in [7, 11) is 0. The molecule has 0 amide bonds. The van der Waals surface area contributed by atoms with Crippen molar-refractivity contribution in [2.75, 3.05) is 13.1 Å². The van der Waals surface area contributed by atoms with Crippen LogP contribution in [0.2, 0.25) is 0 Å². The highest BCUT2D eigenvalue weighted by molar-refractivity contribution is 5.84. The third-order valence-electron chi connectivity index (χ3n) is 3.63. The van der Waals surface area contributed by atoms with Gasteiger partial charge in [-0.3, -0.25) is 4.90 Å². The normalized spacial score (nSPS) is 26.4. The van der Waals surface area contributed by atoms with E-state index in [9.17, 15) is 0 Å². The van der Waals surface area contributed by atoms with Gasteiger partial charge in [0, 0.05) is 25.6 Å². The van der Waals surface area contributed by atoms with E-state index in [1.807, 2.05) is 13.0 Å².